The van der Waals surface area contributed by atoms with Crippen molar-refractivity contribution in [1.82, 2.24) is 0 Å². The standard InChI is InChI=1S/C11H4Br2F2O2/c12-7-4-8(14)6(3-9(7)15)10(16)5-1-2-17-11(5)13/h1-4H. The molecule has 0 aliphatic carbocycles. The van der Waals surface area contributed by atoms with Gasteiger partial charge in [0.05, 0.1) is 21.9 Å². The zero-order valence-electron chi connectivity index (χ0n) is 8.14. The zero-order valence-corrected chi connectivity index (χ0v) is 11.3. The molecule has 0 saturated heterocycles. The van der Waals surface area contributed by atoms with Gasteiger partial charge in [-0.2, -0.15) is 0 Å². The number of hydrogen-bond acceptors (Lipinski definition) is 2. The highest BCUT2D eigenvalue weighted by Crippen LogP contribution is 2.25. The van der Waals surface area contributed by atoms with E-state index in [2.05, 4.69) is 31.9 Å². The highest BCUT2D eigenvalue weighted by molar-refractivity contribution is 9.10. The number of hydrogen-bond donors (Lipinski definition) is 0. The molecule has 1 aromatic heterocycles. The van der Waals surface area contributed by atoms with Gasteiger partial charge >= 0.3 is 0 Å². The summed E-state index contributed by atoms with van der Waals surface area (Å²) in [6.07, 6.45) is 1.28. The number of ketones is 1. The van der Waals surface area contributed by atoms with Gasteiger partial charge in [0, 0.05) is 0 Å². The van der Waals surface area contributed by atoms with Crippen molar-refractivity contribution < 1.29 is 18.0 Å². The molecule has 0 bridgehead atoms. The quantitative estimate of drug-likeness (QED) is 0.586. The predicted molar refractivity (Wildman–Crippen MR) is 63.9 cm³/mol. The number of halogens is 4. The van der Waals surface area contributed by atoms with Crippen molar-refractivity contribution in [2.24, 2.45) is 0 Å². The van der Waals surface area contributed by atoms with Crippen LogP contribution in [0.15, 0.2) is 38.0 Å². The average Bonchev–Trinajstić information content (AvgIpc) is 2.69. The van der Waals surface area contributed by atoms with E-state index in [-0.39, 0.29) is 20.3 Å². The molecule has 0 fully saturated rings. The minimum Gasteiger partial charge on any atom is -0.457 e. The third-order valence-corrected chi connectivity index (χ3v) is 3.34. The number of rotatable bonds is 2. The lowest BCUT2D eigenvalue weighted by molar-refractivity contribution is 0.103. The third kappa shape index (κ3) is 2.32. The lowest BCUT2D eigenvalue weighted by Gasteiger charge is -2.03. The Labute approximate surface area is 112 Å². The smallest absolute Gasteiger partial charge is 0.200 e. The molecule has 0 radical (unpaired) electrons. The van der Waals surface area contributed by atoms with Gasteiger partial charge < -0.3 is 4.42 Å². The molecule has 1 aromatic carbocycles. The molecule has 0 unspecified atom stereocenters. The normalized spacial score (nSPS) is 10.6. The van der Waals surface area contributed by atoms with Crippen molar-refractivity contribution in [2.75, 3.05) is 0 Å². The SMILES string of the molecule is O=C(c1cc(F)c(Br)cc1F)c1ccoc1Br. The van der Waals surface area contributed by atoms with Gasteiger partial charge in [0.2, 0.25) is 5.78 Å². The molecular weight excluding hydrogens is 362 g/mol. The first-order valence-corrected chi connectivity index (χ1v) is 6.01. The molecule has 0 spiro atoms. The third-order valence-electron chi connectivity index (χ3n) is 2.12. The van der Waals surface area contributed by atoms with E-state index in [1.807, 2.05) is 0 Å². The van der Waals surface area contributed by atoms with E-state index in [0.717, 1.165) is 12.1 Å². The van der Waals surface area contributed by atoms with Crippen LogP contribution in [-0.2, 0) is 0 Å². The molecule has 0 atom stereocenters. The van der Waals surface area contributed by atoms with Gasteiger partial charge in [-0.1, -0.05) is 0 Å². The summed E-state index contributed by atoms with van der Waals surface area (Å²) in [4.78, 5) is 11.9. The Bertz CT molecular complexity index is 593. The molecular formula is C11H4Br2F2O2. The molecule has 2 rings (SSSR count). The summed E-state index contributed by atoms with van der Waals surface area (Å²) >= 11 is 5.85. The van der Waals surface area contributed by atoms with Crippen molar-refractivity contribution in [3.8, 4) is 0 Å². The second-order valence-electron chi connectivity index (χ2n) is 3.18. The molecule has 0 N–H and O–H groups in total. The first-order chi connectivity index (χ1) is 8.00. The fourth-order valence-corrected chi connectivity index (χ4v) is 2.03. The van der Waals surface area contributed by atoms with Crippen LogP contribution in [0, 0.1) is 11.6 Å². The van der Waals surface area contributed by atoms with E-state index in [9.17, 15) is 13.6 Å². The topological polar surface area (TPSA) is 30.2 Å². The predicted octanol–water partition coefficient (Wildman–Crippen LogP) is 4.31. The van der Waals surface area contributed by atoms with Crippen LogP contribution < -0.4 is 0 Å². The second kappa shape index (κ2) is 4.70. The van der Waals surface area contributed by atoms with Crippen molar-refractivity contribution >= 4 is 37.6 Å². The summed E-state index contributed by atoms with van der Waals surface area (Å²) in [5.74, 6) is -2.14. The van der Waals surface area contributed by atoms with Gasteiger partial charge in [0.15, 0.2) is 4.67 Å². The van der Waals surface area contributed by atoms with Gasteiger partial charge in [0.1, 0.15) is 11.6 Å². The first kappa shape index (κ1) is 12.4. The molecule has 88 valence electrons. The fourth-order valence-electron chi connectivity index (χ4n) is 1.30. The van der Waals surface area contributed by atoms with Gasteiger partial charge in [-0.3, -0.25) is 4.79 Å². The van der Waals surface area contributed by atoms with Crippen LogP contribution in [0.25, 0.3) is 0 Å². The Morgan fingerprint density at radius 1 is 1.12 bits per heavy atom. The lowest BCUT2D eigenvalue weighted by Crippen LogP contribution is -2.05. The Morgan fingerprint density at radius 3 is 2.41 bits per heavy atom. The van der Waals surface area contributed by atoms with Crippen LogP contribution in [0.4, 0.5) is 8.78 Å². The van der Waals surface area contributed by atoms with E-state index >= 15 is 0 Å². The monoisotopic (exact) mass is 364 g/mol. The van der Waals surface area contributed by atoms with Gasteiger partial charge in [0.25, 0.3) is 0 Å². The molecule has 0 aliphatic rings. The minimum atomic E-state index is -0.795. The lowest BCUT2D eigenvalue weighted by atomic mass is 10.1. The summed E-state index contributed by atoms with van der Waals surface area (Å²) in [7, 11) is 0. The van der Waals surface area contributed by atoms with Crippen molar-refractivity contribution in [3.05, 3.63) is 56.4 Å². The molecule has 2 aromatic rings. The van der Waals surface area contributed by atoms with Gasteiger partial charge in [-0.15, -0.1) is 0 Å². The molecule has 0 saturated carbocycles. The zero-order chi connectivity index (χ0) is 12.6. The Kier molecular flexibility index (Phi) is 3.44. The maximum atomic E-state index is 13.5. The van der Waals surface area contributed by atoms with Crippen LogP contribution >= 0.6 is 31.9 Å². The minimum absolute atomic E-state index is 0.0298. The molecule has 6 heteroatoms. The molecule has 2 nitrogen and oxygen atoms in total. The van der Waals surface area contributed by atoms with Gasteiger partial charge in [-0.25, -0.2) is 8.78 Å². The van der Waals surface area contributed by atoms with Crippen LogP contribution in [0.2, 0.25) is 0 Å². The van der Waals surface area contributed by atoms with Crippen molar-refractivity contribution in [3.63, 3.8) is 0 Å². The highest BCUT2D eigenvalue weighted by Gasteiger charge is 2.20. The number of carbonyl (C=O) groups excluding carboxylic acids is 1. The van der Waals surface area contributed by atoms with E-state index in [4.69, 9.17) is 4.42 Å². The number of benzene rings is 1. The number of furan rings is 1. The molecule has 0 aliphatic heterocycles. The Morgan fingerprint density at radius 2 is 1.82 bits per heavy atom. The Hall–Kier alpha value is -1.01. The van der Waals surface area contributed by atoms with Crippen LogP contribution in [0.3, 0.4) is 0 Å². The highest BCUT2D eigenvalue weighted by atomic mass is 79.9. The second-order valence-corrected chi connectivity index (χ2v) is 4.76. The summed E-state index contributed by atoms with van der Waals surface area (Å²) in [6, 6.07) is 3.14. The van der Waals surface area contributed by atoms with Crippen LogP contribution in [0.5, 0.6) is 0 Å². The molecule has 1 heterocycles. The van der Waals surface area contributed by atoms with E-state index in [1.54, 1.807) is 0 Å². The maximum absolute atomic E-state index is 13.5. The number of carbonyl (C=O) groups is 1. The Balaban J connectivity index is 2.52. The van der Waals surface area contributed by atoms with Crippen LogP contribution in [0.1, 0.15) is 15.9 Å². The van der Waals surface area contributed by atoms with E-state index < -0.39 is 17.4 Å². The maximum Gasteiger partial charge on any atom is 0.200 e. The molecule has 0 amide bonds. The summed E-state index contributed by atoms with van der Waals surface area (Å²) in [5, 5.41) is 0. The average molecular weight is 366 g/mol. The summed E-state index contributed by atoms with van der Waals surface area (Å²) in [6.45, 7) is 0. The first-order valence-electron chi connectivity index (χ1n) is 4.43. The van der Waals surface area contributed by atoms with Crippen LogP contribution in [-0.4, -0.2) is 5.78 Å². The van der Waals surface area contributed by atoms with E-state index in [0.29, 0.717) is 0 Å². The van der Waals surface area contributed by atoms with Crippen molar-refractivity contribution in [2.45, 2.75) is 0 Å². The molecule has 17 heavy (non-hydrogen) atoms. The van der Waals surface area contributed by atoms with E-state index in [1.165, 1.54) is 12.3 Å². The van der Waals surface area contributed by atoms with Crippen molar-refractivity contribution in [1.29, 1.82) is 0 Å². The van der Waals surface area contributed by atoms with Gasteiger partial charge in [-0.05, 0) is 50.1 Å². The largest absolute Gasteiger partial charge is 0.457 e. The summed E-state index contributed by atoms with van der Waals surface area (Å²) in [5.41, 5.74) is -0.196. The summed E-state index contributed by atoms with van der Waals surface area (Å²) < 4.78 is 31.8. The fraction of sp³-hybridized carbons (Fsp3) is 0.